The molecule has 0 unspecified atom stereocenters. The maximum atomic E-state index is 9.77. The standard InChI is InChI=1S/C3H5NO2S2.2Na/c4-3(7)8-1-2(5)6;;/h1H2,(H2,4,7)(H,5,6);;/q;2*+1. The third kappa shape index (κ3) is 16.4. The SMILES string of the molecule is NC(=S)SCC(=O)O.[Na+].[Na+]. The van der Waals surface area contributed by atoms with Gasteiger partial charge in [-0.3, -0.25) is 4.79 Å². The van der Waals surface area contributed by atoms with Gasteiger partial charge in [0.05, 0.1) is 5.75 Å². The summed E-state index contributed by atoms with van der Waals surface area (Å²) in [7, 11) is 0. The van der Waals surface area contributed by atoms with E-state index < -0.39 is 5.97 Å². The van der Waals surface area contributed by atoms with E-state index in [4.69, 9.17) is 10.8 Å². The first-order valence-corrected chi connectivity index (χ1v) is 3.16. The van der Waals surface area contributed by atoms with E-state index in [2.05, 4.69) is 12.2 Å². The van der Waals surface area contributed by atoms with Gasteiger partial charge in [0, 0.05) is 0 Å². The van der Waals surface area contributed by atoms with Gasteiger partial charge in [-0.25, -0.2) is 0 Å². The van der Waals surface area contributed by atoms with Crippen LogP contribution in [0, 0.1) is 0 Å². The maximum Gasteiger partial charge on any atom is 1.00 e. The van der Waals surface area contributed by atoms with Crippen molar-refractivity contribution in [2.75, 3.05) is 5.75 Å². The van der Waals surface area contributed by atoms with E-state index in [1.165, 1.54) is 0 Å². The number of thiocarbonyl (C=S) groups is 1. The second kappa shape index (κ2) is 10.7. The van der Waals surface area contributed by atoms with Crippen molar-refractivity contribution in [1.82, 2.24) is 0 Å². The van der Waals surface area contributed by atoms with Gasteiger partial charge in [0.25, 0.3) is 0 Å². The fourth-order valence-corrected chi connectivity index (χ4v) is 0.575. The molecule has 0 saturated carbocycles. The Kier molecular flexibility index (Phi) is 19.0. The Hall–Kier alpha value is 1.71. The molecule has 0 aliphatic rings. The summed E-state index contributed by atoms with van der Waals surface area (Å²) in [5, 5.41) is 8.03. The summed E-state index contributed by atoms with van der Waals surface area (Å²) < 4.78 is 0.174. The Labute approximate surface area is 113 Å². The molecule has 46 valence electrons. The Morgan fingerprint density at radius 3 is 2.10 bits per heavy atom. The second-order valence-corrected chi connectivity index (χ2v) is 2.72. The summed E-state index contributed by atoms with van der Waals surface area (Å²) in [5.41, 5.74) is 4.97. The molecule has 3 N–H and O–H groups in total. The number of rotatable bonds is 2. The zero-order valence-corrected chi connectivity index (χ0v) is 11.6. The minimum Gasteiger partial charge on any atom is -0.481 e. The molecule has 0 rings (SSSR count). The first kappa shape index (κ1) is 17.7. The molecule has 7 heteroatoms. The van der Waals surface area contributed by atoms with Crippen molar-refractivity contribution in [2.45, 2.75) is 0 Å². The number of carbonyl (C=O) groups is 1. The molecule has 0 bridgehead atoms. The second-order valence-electron chi connectivity index (χ2n) is 1.00. The van der Waals surface area contributed by atoms with Gasteiger partial charge in [0.2, 0.25) is 0 Å². The quantitative estimate of drug-likeness (QED) is 0.341. The number of nitrogens with two attached hydrogens (primary N) is 1. The fraction of sp³-hybridized carbons (Fsp3) is 0.333. The zero-order chi connectivity index (χ0) is 6.57. The van der Waals surface area contributed by atoms with Crippen LogP contribution in [0.4, 0.5) is 0 Å². The van der Waals surface area contributed by atoms with E-state index in [1.807, 2.05) is 0 Å². The number of aliphatic carboxylic acids is 1. The molecular formula is C3H5NNa2O2S2+2. The average molecular weight is 197 g/mol. The van der Waals surface area contributed by atoms with E-state index in [0.717, 1.165) is 11.8 Å². The Morgan fingerprint density at radius 1 is 1.60 bits per heavy atom. The molecule has 0 radical (unpaired) electrons. The summed E-state index contributed by atoms with van der Waals surface area (Å²) in [5.74, 6) is -0.946. The zero-order valence-electron chi connectivity index (χ0n) is 5.96. The van der Waals surface area contributed by atoms with E-state index >= 15 is 0 Å². The van der Waals surface area contributed by atoms with Crippen LogP contribution in [-0.4, -0.2) is 21.1 Å². The molecule has 0 saturated heterocycles. The Balaban J connectivity index is -0.000000245. The van der Waals surface area contributed by atoms with Crippen LogP contribution in [-0.2, 0) is 4.79 Å². The van der Waals surface area contributed by atoms with E-state index in [0.29, 0.717) is 0 Å². The van der Waals surface area contributed by atoms with E-state index in [1.54, 1.807) is 0 Å². The van der Waals surface area contributed by atoms with Gasteiger partial charge in [0.1, 0.15) is 4.32 Å². The van der Waals surface area contributed by atoms with Crippen molar-refractivity contribution in [1.29, 1.82) is 0 Å². The molecule has 0 aromatic rings. The summed E-state index contributed by atoms with van der Waals surface area (Å²) in [6, 6.07) is 0. The van der Waals surface area contributed by atoms with Crippen LogP contribution in [0.25, 0.3) is 0 Å². The third-order valence-corrected chi connectivity index (χ3v) is 1.37. The summed E-state index contributed by atoms with van der Waals surface area (Å²) in [6.07, 6.45) is 0. The number of hydrogen-bond acceptors (Lipinski definition) is 3. The van der Waals surface area contributed by atoms with Crippen LogP contribution < -0.4 is 64.8 Å². The summed E-state index contributed by atoms with van der Waals surface area (Å²) in [4.78, 5) is 9.77. The molecule has 0 aromatic heterocycles. The molecule has 10 heavy (non-hydrogen) atoms. The smallest absolute Gasteiger partial charge is 0.481 e. The van der Waals surface area contributed by atoms with Gasteiger partial charge in [-0.15, -0.1) is 0 Å². The first-order chi connectivity index (χ1) is 3.63. The normalized spacial score (nSPS) is 6.80. The first-order valence-electron chi connectivity index (χ1n) is 1.77. The van der Waals surface area contributed by atoms with Crippen molar-refractivity contribution < 1.29 is 69.0 Å². The average Bonchev–Trinajstić information content (AvgIpc) is 1.61. The third-order valence-electron chi connectivity index (χ3n) is 0.338. The molecular weight excluding hydrogens is 192 g/mol. The topological polar surface area (TPSA) is 63.3 Å². The van der Waals surface area contributed by atoms with E-state index in [9.17, 15) is 4.79 Å². The van der Waals surface area contributed by atoms with Crippen molar-refractivity contribution >= 4 is 34.3 Å². The summed E-state index contributed by atoms with van der Waals surface area (Å²) >= 11 is 5.34. The minimum absolute atomic E-state index is 0. The van der Waals surface area contributed by atoms with Crippen LogP contribution in [0.2, 0.25) is 0 Å². The predicted molar refractivity (Wildman–Crippen MR) is 36.9 cm³/mol. The number of hydrogen-bond donors (Lipinski definition) is 2. The van der Waals surface area contributed by atoms with Crippen LogP contribution >= 0.6 is 24.0 Å². The molecule has 0 amide bonds. The van der Waals surface area contributed by atoms with Gasteiger partial charge in [-0.1, -0.05) is 24.0 Å². The molecule has 0 aliphatic heterocycles. The van der Waals surface area contributed by atoms with Crippen LogP contribution in [0.1, 0.15) is 0 Å². The molecule has 0 atom stereocenters. The largest absolute Gasteiger partial charge is 1.00 e. The number of carboxylic acids is 1. The predicted octanol–water partition coefficient (Wildman–Crippen LogP) is -5.94. The Morgan fingerprint density at radius 2 is 2.00 bits per heavy atom. The summed E-state index contributed by atoms with van der Waals surface area (Å²) in [6.45, 7) is 0. The molecule has 0 heterocycles. The van der Waals surface area contributed by atoms with Gasteiger partial charge < -0.3 is 10.8 Å². The van der Waals surface area contributed by atoms with Gasteiger partial charge >= 0.3 is 65.1 Å². The molecule has 0 aliphatic carbocycles. The molecule has 3 nitrogen and oxygen atoms in total. The van der Waals surface area contributed by atoms with Crippen molar-refractivity contribution in [3.63, 3.8) is 0 Å². The monoisotopic (exact) mass is 197 g/mol. The molecule has 0 fully saturated rings. The van der Waals surface area contributed by atoms with Gasteiger partial charge in [-0.2, -0.15) is 0 Å². The Bertz CT molecular complexity index is 107. The van der Waals surface area contributed by atoms with Crippen molar-refractivity contribution in [3.05, 3.63) is 0 Å². The van der Waals surface area contributed by atoms with Crippen LogP contribution in [0.5, 0.6) is 0 Å². The van der Waals surface area contributed by atoms with Gasteiger partial charge in [0.15, 0.2) is 0 Å². The van der Waals surface area contributed by atoms with E-state index in [-0.39, 0.29) is 69.2 Å². The van der Waals surface area contributed by atoms with Gasteiger partial charge in [-0.05, 0) is 0 Å². The number of thioether (sulfide) groups is 1. The number of carboxylic acid groups (broad SMARTS) is 1. The molecule has 0 spiro atoms. The van der Waals surface area contributed by atoms with Crippen molar-refractivity contribution in [2.24, 2.45) is 5.73 Å². The maximum absolute atomic E-state index is 9.77. The fourth-order valence-electron chi connectivity index (χ4n) is 0.133. The van der Waals surface area contributed by atoms with Crippen molar-refractivity contribution in [3.8, 4) is 0 Å². The molecule has 0 aromatic carbocycles. The van der Waals surface area contributed by atoms with Crippen LogP contribution in [0.15, 0.2) is 0 Å². The minimum atomic E-state index is -0.900. The van der Waals surface area contributed by atoms with Crippen LogP contribution in [0.3, 0.4) is 0 Å².